The number of nitrogen functional groups attached to an aromatic ring is 1. The van der Waals surface area contributed by atoms with Crippen molar-refractivity contribution in [2.75, 3.05) is 19.8 Å². The fourth-order valence-electron chi connectivity index (χ4n) is 7.29. The third-order valence-electron chi connectivity index (χ3n) is 9.06. The molecule has 2 unspecified atom stereocenters. The maximum atomic E-state index is 14.4. The van der Waals surface area contributed by atoms with Gasteiger partial charge in [-0.05, 0) is 68.2 Å². The molecule has 0 saturated heterocycles. The summed E-state index contributed by atoms with van der Waals surface area (Å²) in [5.41, 5.74) is 21.2. The van der Waals surface area contributed by atoms with Crippen LogP contribution in [0.2, 0.25) is 0 Å². The van der Waals surface area contributed by atoms with Crippen LogP contribution in [-0.2, 0) is 25.6 Å². The number of amides is 1. The zero-order valence-electron chi connectivity index (χ0n) is 22.7. The first-order valence-corrected chi connectivity index (χ1v) is 12.9. The molecule has 0 bridgehead atoms. The molecular weight excluding hydrogens is 528 g/mol. The first-order chi connectivity index (χ1) is 19.1. The zero-order chi connectivity index (χ0) is 30.4. The van der Waals surface area contributed by atoms with Crippen molar-refractivity contribution in [2.24, 2.45) is 34.5 Å². The van der Waals surface area contributed by atoms with Crippen LogP contribution in [0.15, 0.2) is 30.3 Å². The summed E-state index contributed by atoms with van der Waals surface area (Å²) in [6, 6.07) is 8.44. The van der Waals surface area contributed by atoms with Gasteiger partial charge >= 0.3 is 0 Å². The maximum Gasteiger partial charge on any atom is 0.235 e. The minimum absolute atomic E-state index is 0.162. The molecule has 12 heteroatoms. The van der Waals surface area contributed by atoms with Crippen molar-refractivity contribution in [3.05, 3.63) is 47.0 Å². The second kappa shape index (κ2) is 8.78. The van der Waals surface area contributed by atoms with Crippen LogP contribution in [0.3, 0.4) is 0 Å². The lowest BCUT2D eigenvalue weighted by molar-refractivity contribution is -0.166. The summed E-state index contributed by atoms with van der Waals surface area (Å²) < 4.78 is 0. The molecule has 2 fully saturated rings. The number of benzene rings is 2. The van der Waals surface area contributed by atoms with Gasteiger partial charge in [-0.1, -0.05) is 18.2 Å². The summed E-state index contributed by atoms with van der Waals surface area (Å²) in [6.45, 7) is 1.83. The van der Waals surface area contributed by atoms with E-state index in [2.05, 4.69) is 0 Å². The molecule has 41 heavy (non-hydrogen) atoms. The quantitative estimate of drug-likeness (QED) is 0.235. The predicted molar refractivity (Wildman–Crippen MR) is 146 cm³/mol. The number of nitrogens with zero attached hydrogens (tertiary/aromatic N) is 2. The van der Waals surface area contributed by atoms with Gasteiger partial charge in [0, 0.05) is 11.2 Å². The van der Waals surface area contributed by atoms with E-state index in [9.17, 15) is 34.3 Å². The zero-order valence-corrected chi connectivity index (χ0v) is 22.7. The first-order valence-electron chi connectivity index (χ1n) is 12.9. The van der Waals surface area contributed by atoms with E-state index in [0.717, 1.165) is 5.56 Å². The standard InChI is InChI=1S/C29H30N6O6/c1-12-4-5-13(8-16(12)31)14-6-7-17(36)18-15(14)9-27(33)10-29(34)23(35(2)3)22(38)19(26(32)41)24(39)28(29,11-30)25(40)20(27)21(18)37/h4-8,19-20,23,36H,9-10,31,33-34H2,1-3H3,(H2,32,41)/t19?,20?,23-,27-,28+,29-/m1/s1. The summed E-state index contributed by atoms with van der Waals surface area (Å²) in [4.78, 5) is 69.4. The van der Waals surface area contributed by atoms with Crippen molar-refractivity contribution in [1.29, 1.82) is 5.26 Å². The van der Waals surface area contributed by atoms with Gasteiger partial charge in [-0.2, -0.15) is 5.26 Å². The number of phenolic OH excluding ortho intramolecular Hbond substituents is 1. The summed E-state index contributed by atoms with van der Waals surface area (Å²) >= 11 is 0. The van der Waals surface area contributed by atoms with Crippen LogP contribution < -0.4 is 22.9 Å². The second-order valence-electron chi connectivity index (χ2n) is 11.7. The molecule has 9 N–H and O–H groups in total. The molecule has 2 aromatic rings. The molecule has 0 radical (unpaired) electrons. The van der Waals surface area contributed by atoms with Gasteiger partial charge in [0.05, 0.1) is 23.2 Å². The number of hydrogen-bond acceptors (Lipinski definition) is 11. The molecule has 5 rings (SSSR count). The van der Waals surface area contributed by atoms with Gasteiger partial charge in [0.25, 0.3) is 0 Å². The summed E-state index contributed by atoms with van der Waals surface area (Å²) in [6.07, 6.45) is -0.643. The molecule has 2 saturated carbocycles. The number of nitrogens with two attached hydrogens (primary N) is 4. The molecule has 12 nitrogen and oxygen atoms in total. The molecule has 1 amide bonds. The number of rotatable bonds is 3. The van der Waals surface area contributed by atoms with Gasteiger partial charge in [0.15, 0.2) is 34.5 Å². The number of fused-ring (bicyclic) bond motifs is 3. The average molecular weight is 559 g/mol. The van der Waals surface area contributed by atoms with Crippen LogP contribution in [0, 0.1) is 35.5 Å². The summed E-state index contributed by atoms with van der Waals surface area (Å²) in [5, 5.41) is 21.3. The number of carbonyl (C=O) groups is 5. The number of hydrogen-bond donors (Lipinski definition) is 5. The van der Waals surface area contributed by atoms with Gasteiger partial charge in [-0.15, -0.1) is 0 Å². The number of nitriles is 1. The monoisotopic (exact) mass is 558 g/mol. The third-order valence-corrected chi connectivity index (χ3v) is 9.06. The minimum Gasteiger partial charge on any atom is -0.507 e. The van der Waals surface area contributed by atoms with Crippen LogP contribution in [-0.4, -0.2) is 70.3 Å². The highest BCUT2D eigenvalue weighted by molar-refractivity contribution is 6.33. The van der Waals surface area contributed by atoms with Crippen LogP contribution in [0.1, 0.15) is 27.9 Å². The van der Waals surface area contributed by atoms with E-state index in [1.54, 1.807) is 30.3 Å². The lowest BCUT2D eigenvalue weighted by atomic mass is 9.42. The smallest absolute Gasteiger partial charge is 0.235 e. The summed E-state index contributed by atoms with van der Waals surface area (Å²) in [5.74, 6) is -10.1. The van der Waals surface area contributed by atoms with Crippen molar-refractivity contribution in [1.82, 2.24) is 4.90 Å². The van der Waals surface area contributed by atoms with Gasteiger partial charge in [-0.25, -0.2) is 0 Å². The number of aryl methyl sites for hydroxylation is 1. The second-order valence-corrected chi connectivity index (χ2v) is 11.7. The highest BCUT2D eigenvalue weighted by Crippen LogP contribution is 2.57. The molecular formula is C29H30N6O6. The highest BCUT2D eigenvalue weighted by atomic mass is 16.3. The number of ketones is 4. The molecule has 0 aromatic heterocycles. The molecule has 0 aliphatic heterocycles. The van der Waals surface area contributed by atoms with Crippen LogP contribution in [0.25, 0.3) is 11.1 Å². The Labute approximate surface area is 235 Å². The van der Waals surface area contributed by atoms with Crippen LogP contribution in [0.4, 0.5) is 5.69 Å². The molecule has 3 aliphatic rings. The van der Waals surface area contributed by atoms with E-state index in [0.29, 0.717) is 22.4 Å². The van der Waals surface area contributed by atoms with Gasteiger partial charge in [-0.3, -0.25) is 28.9 Å². The molecule has 0 spiro atoms. The number of phenols is 1. The van der Waals surface area contributed by atoms with Crippen molar-refractivity contribution < 1.29 is 29.1 Å². The van der Waals surface area contributed by atoms with E-state index in [1.165, 1.54) is 25.1 Å². The van der Waals surface area contributed by atoms with Gasteiger partial charge in [0.1, 0.15) is 11.7 Å². The molecule has 2 aromatic carbocycles. The Hall–Kier alpha value is -4.44. The number of likely N-dealkylation sites (N-methyl/N-ethyl adjacent to an activating group) is 1. The first kappa shape index (κ1) is 28.1. The topological polar surface area (TPSA) is 237 Å². The van der Waals surface area contributed by atoms with Crippen molar-refractivity contribution in [2.45, 2.75) is 36.9 Å². The lowest BCUT2D eigenvalue weighted by Crippen LogP contribution is -2.85. The van der Waals surface area contributed by atoms with E-state index in [-0.39, 0.29) is 12.0 Å². The number of primary amides is 1. The Kier molecular flexibility index (Phi) is 6.02. The maximum absolute atomic E-state index is 14.4. The Balaban J connectivity index is 1.78. The minimum atomic E-state index is -2.78. The largest absolute Gasteiger partial charge is 0.507 e. The molecule has 3 aliphatic carbocycles. The third kappa shape index (κ3) is 3.40. The SMILES string of the molecule is Cc1ccc(-c2ccc(O)c3c2C[C@@]2(N)C[C@@]4(N)[C@H](N(C)C)C(=O)C(C(N)=O)C(=O)[C@@]4(C#N)C(=O)C2C3=O)cc1N. The van der Waals surface area contributed by atoms with Crippen molar-refractivity contribution in [3.63, 3.8) is 0 Å². The van der Waals surface area contributed by atoms with Crippen molar-refractivity contribution in [3.8, 4) is 22.9 Å². The van der Waals surface area contributed by atoms with Crippen LogP contribution in [0.5, 0.6) is 5.75 Å². The van der Waals surface area contributed by atoms with Gasteiger partial charge in [0.2, 0.25) is 5.91 Å². The Morgan fingerprint density at radius 1 is 1.10 bits per heavy atom. The number of carbonyl (C=O) groups excluding carboxylic acids is 5. The Morgan fingerprint density at radius 3 is 2.32 bits per heavy atom. The van der Waals surface area contributed by atoms with E-state index >= 15 is 0 Å². The fraction of sp³-hybridized carbons (Fsp3) is 0.379. The predicted octanol–water partition coefficient (Wildman–Crippen LogP) is -0.634. The highest BCUT2D eigenvalue weighted by Gasteiger charge is 2.78. The molecule has 6 atom stereocenters. The van der Waals surface area contributed by atoms with E-state index < -0.39 is 75.6 Å². The Morgan fingerprint density at radius 2 is 1.76 bits per heavy atom. The summed E-state index contributed by atoms with van der Waals surface area (Å²) in [7, 11) is 2.90. The number of Topliss-reactive ketones (excluding diaryl/α,β-unsaturated/α-hetero) is 4. The lowest BCUT2D eigenvalue weighted by Gasteiger charge is -2.60. The van der Waals surface area contributed by atoms with Crippen molar-refractivity contribution >= 4 is 34.7 Å². The van der Waals surface area contributed by atoms with Gasteiger partial charge < -0.3 is 28.0 Å². The molecule has 212 valence electrons. The number of anilines is 1. The number of aromatic hydroxyl groups is 1. The van der Waals surface area contributed by atoms with Crippen LogP contribution >= 0.6 is 0 Å². The fourth-order valence-corrected chi connectivity index (χ4v) is 7.29. The average Bonchev–Trinajstić information content (AvgIpc) is 2.84. The van der Waals surface area contributed by atoms with E-state index in [4.69, 9.17) is 22.9 Å². The molecule has 0 heterocycles. The van der Waals surface area contributed by atoms with E-state index in [1.807, 2.05) is 6.92 Å². The normalized spacial score (nSPS) is 32.7. The Bertz CT molecular complexity index is 1640.